The van der Waals surface area contributed by atoms with Gasteiger partial charge in [0.2, 0.25) is 11.0 Å². The maximum atomic E-state index is 14.3. The fourth-order valence-corrected chi connectivity index (χ4v) is 5.75. The highest BCUT2D eigenvalue weighted by Crippen LogP contribution is 2.45. The summed E-state index contributed by atoms with van der Waals surface area (Å²) in [5.74, 6) is -1.19. The first kappa shape index (κ1) is 33.7. The van der Waals surface area contributed by atoms with Crippen LogP contribution in [0, 0.1) is 5.41 Å². The van der Waals surface area contributed by atoms with E-state index in [1.54, 1.807) is 36.4 Å². The third kappa shape index (κ3) is 8.29. The highest BCUT2D eigenvalue weighted by Gasteiger charge is 2.41. The van der Waals surface area contributed by atoms with Crippen LogP contribution in [0.4, 0.5) is 10.8 Å². The van der Waals surface area contributed by atoms with Gasteiger partial charge in [-0.05, 0) is 24.3 Å². The number of benzene rings is 2. The number of esters is 2. The molecular weight excluding hydrogens is 626 g/mol. The maximum absolute atomic E-state index is 14.3. The third-order valence-electron chi connectivity index (χ3n) is 6.72. The van der Waals surface area contributed by atoms with Crippen molar-refractivity contribution in [1.29, 1.82) is 0 Å². The van der Waals surface area contributed by atoms with E-state index in [-0.39, 0.29) is 29.8 Å². The molecule has 2 aromatic carbocycles. The SMILES string of the molecule is COc1cccc([C@H]2O[C@H](CC(=O)Nc3ncc(OC(C)=O)s3)C(=O)N(CC(C)(C)COC(C)=O)c3ccc(Cl)cc32)c1OC. The molecule has 1 N–H and O–H groups in total. The number of halogens is 1. The van der Waals surface area contributed by atoms with Crippen LogP contribution in [-0.4, -0.2) is 62.2 Å². The predicted molar refractivity (Wildman–Crippen MR) is 167 cm³/mol. The largest absolute Gasteiger partial charge is 0.493 e. The first-order valence-electron chi connectivity index (χ1n) is 13.9. The Labute approximate surface area is 269 Å². The van der Waals surface area contributed by atoms with Crippen LogP contribution in [0.1, 0.15) is 51.3 Å². The molecule has 0 fully saturated rings. The summed E-state index contributed by atoms with van der Waals surface area (Å²) in [6.45, 7) is 6.45. The lowest BCUT2D eigenvalue weighted by molar-refractivity contribution is -0.144. The lowest BCUT2D eigenvalue weighted by atomic mass is 9.92. The number of hydrogen-bond acceptors (Lipinski definition) is 11. The fraction of sp³-hybridized carbons (Fsp3) is 0.387. The average Bonchev–Trinajstić information content (AvgIpc) is 3.37. The molecule has 0 radical (unpaired) electrons. The van der Waals surface area contributed by atoms with Gasteiger partial charge in [0.15, 0.2) is 16.6 Å². The van der Waals surface area contributed by atoms with Gasteiger partial charge in [-0.2, -0.15) is 0 Å². The van der Waals surface area contributed by atoms with Gasteiger partial charge >= 0.3 is 11.9 Å². The zero-order valence-corrected chi connectivity index (χ0v) is 27.2. The van der Waals surface area contributed by atoms with Crippen molar-refractivity contribution in [3.63, 3.8) is 0 Å². The number of anilines is 2. The number of carbonyl (C=O) groups is 4. The van der Waals surface area contributed by atoms with E-state index in [1.165, 1.54) is 39.2 Å². The second kappa shape index (κ2) is 14.3. The van der Waals surface area contributed by atoms with Gasteiger partial charge in [-0.15, -0.1) is 0 Å². The van der Waals surface area contributed by atoms with E-state index in [4.69, 9.17) is 35.3 Å². The van der Waals surface area contributed by atoms with Crippen LogP contribution in [0.15, 0.2) is 42.6 Å². The minimum atomic E-state index is -1.28. The summed E-state index contributed by atoms with van der Waals surface area (Å²) < 4.78 is 28.1. The lowest BCUT2D eigenvalue weighted by Crippen LogP contribution is -2.46. The highest BCUT2D eigenvalue weighted by molar-refractivity contribution is 7.17. The van der Waals surface area contributed by atoms with Crippen LogP contribution >= 0.6 is 22.9 Å². The Morgan fingerprint density at radius 1 is 1.09 bits per heavy atom. The van der Waals surface area contributed by atoms with Crippen LogP contribution in [-0.2, 0) is 28.7 Å². The Kier molecular flexibility index (Phi) is 10.7. The number of thiazole rings is 1. The number of methoxy groups -OCH3 is 2. The van der Waals surface area contributed by atoms with E-state index < -0.39 is 41.4 Å². The first-order valence-corrected chi connectivity index (χ1v) is 15.1. The van der Waals surface area contributed by atoms with Crippen molar-refractivity contribution in [2.45, 2.75) is 46.3 Å². The second-order valence-corrected chi connectivity index (χ2v) is 12.4. The number of carbonyl (C=O) groups excluding carboxylic acids is 4. The van der Waals surface area contributed by atoms with Crippen molar-refractivity contribution in [2.24, 2.45) is 5.41 Å². The number of fused-ring (bicyclic) bond motifs is 1. The lowest BCUT2D eigenvalue weighted by Gasteiger charge is -2.33. The normalized spacial score (nSPS) is 16.3. The summed E-state index contributed by atoms with van der Waals surface area (Å²) in [6, 6.07) is 10.4. The summed E-state index contributed by atoms with van der Waals surface area (Å²) in [4.78, 5) is 56.1. The molecule has 2 amide bonds. The van der Waals surface area contributed by atoms with Crippen molar-refractivity contribution in [1.82, 2.24) is 4.98 Å². The standard InChI is InChI=1S/C31H34ClN3O9S/c1-17(36)42-16-31(3,4)15-35-22-11-10-19(32)12-21(22)27(20-8-7-9-23(40-5)28(20)41-6)44-24(29(35)39)13-25(38)34-30-33-14-26(45-30)43-18(2)37/h7-12,14,24,27H,13,15-16H2,1-6H3,(H,33,34,38)/t24-,27-/m1/s1. The molecule has 12 nitrogen and oxygen atoms in total. The van der Waals surface area contributed by atoms with Crippen LogP contribution < -0.4 is 24.4 Å². The van der Waals surface area contributed by atoms with Gasteiger partial charge in [-0.3, -0.25) is 19.2 Å². The Morgan fingerprint density at radius 2 is 1.84 bits per heavy atom. The zero-order valence-electron chi connectivity index (χ0n) is 25.7. The molecule has 0 unspecified atom stereocenters. The number of amides is 2. The number of nitrogens with zero attached hydrogens (tertiary/aromatic N) is 2. The minimum absolute atomic E-state index is 0.0445. The van der Waals surface area contributed by atoms with E-state index in [2.05, 4.69) is 10.3 Å². The topological polar surface area (TPSA) is 143 Å². The Bertz CT molecular complexity index is 1590. The monoisotopic (exact) mass is 659 g/mol. The molecule has 0 bridgehead atoms. The Balaban J connectivity index is 1.77. The van der Waals surface area contributed by atoms with Gasteiger partial charge < -0.3 is 33.9 Å². The fourth-order valence-electron chi connectivity index (χ4n) is 4.84. The molecule has 0 spiro atoms. The Hall–Kier alpha value is -4.20. The molecule has 14 heteroatoms. The van der Waals surface area contributed by atoms with Gasteiger partial charge in [0.25, 0.3) is 5.91 Å². The van der Waals surface area contributed by atoms with Crippen molar-refractivity contribution in [3.8, 4) is 16.6 Å². The number of para-hydroxylation sites is 1. The molecular formula is C31H34ClN3O9S. The van der Waals surface area contributed by atoms with Gasteiger partial charge in [0.1, 0.15) is 12.2 Å². The van der Waals surface area contributed by atoms with Crippen LogP contribution in [0.3, 0.4) is 0 Å². The van der Waals surface area contributed by atoms with Gasteiger partial charge in [-0.1, -0.05) is 48.9 Å². The molecule has 240 valence electrons. The number of ether oxygens (including phenoxy) is 5. The molecule has 0 aliphatic carbocycles. The number of hydrogen-bond donors (Lipinski definition) is 1. The summed E-state index contributed by atoms with van der Waals surface area (Å²) in [5.41, 5.74) is 0.918. The van der Waals surface area contributed by atoms with Crippen molar-refractivity contribution < 1.29 is 42.9 Å². The minimum Gasteiger partial charge on any atom is -0.493 e. The number of rotatable bonds is 11. The van der Waals surface area contributed by atoms with Gasteiger partial charge in [0.05, 0.1) is 33.4 Å². The number of nitrogens with one attached hydrogen (secondary N) is 1. The van der Waals surface area contributed by atoms with E-state index in [0.29, 0.717) is 33.3 Å². The quantitative estimate of drug-likeness (QED) is 0.274. The van der Waals surface area contributed by atoms with Gasteiger partial charge in [0, 0.05) is 47.6 Å². The van der Waals surface area contributed by atoms with E-state index in [9.17, 15) is 19.2 Å². The highest BCUT2D eigenvalue weighted by atomic mass is 35.5. The predicted octanol–water partition coefficient (Wildman–Crippen LogP) is 5.18. The molecule has 2 heterocycles. The van der Waals surface area contributed by atoms with E-state index >= 15 is 0 Å². The molecule has 0 saturated carbocycles. The van der Waals surface area contributed by atoms with Crippen LogP contribution in [0.5, 0.6) is 16.6 Å². The number of aromatic nitrogens is 1. The summed E-state index contributed by atoms with van der Waals surface area (Å²) >= 11 is 7.45. The van der Waals surface area contributed by atoms with Crippen molar-refractivity contribution >= 4 is 57.5 Å². The molecule has 1 aliphatic heterocycles. The second-order valence-electron chi connectivity index (χ2n) is 11.0. The maximum Gasteiger partial charge on any atom is 0.308 e. The molecule has 3 aromatic rings. The van der Waals surface area contributed by atoms with E-state index in [1.807, 2.05) is 13.8 Å². The van der Waals surface area contributed by atoms with Crippen LogP contribution in [0.25, 0.3) is 0 Å². The zero-order chi connectivity index (χ0) is 32.9. The molecule has 2 atom stereocenters. The molecule has 4 rings (SSSR count). The average molecular weight is 660 g/mol. The van der Waals surface area contributed by atoms with Gasteiger partial charge in [-0.25, -0.2) is 4.98 Å². The third-order valence-corrected chi connectivity index (χ3v) is 7.74. The smallest absolute Gasteiger partial charge is 0.308 e. The molecule has 1 aromatic heterocycles. The van der Waals surface area contributed by atoms with Crippen molar-refractivity contribution in [3.05, 3.63) is 58.7 Å². The van der Waals surface area contributed by atoms with Crippen LogP contribution in [0.2, 0.25) is 5.02 Å². The van der Waals surface area contributed by atoms with E-state index in [0.717, 1.165) is 11.3 Å². The molecule has 0 saturated heterocycles. The molecule has 1 aliphatic rings. The molecule has 45 heavy (non-hydrogen) atoms. The Morgan fingerprint density at radius 3 is 2.51 bits per heavy atom. The summed E-state index contributed by atoms with van der Waals surface area (Å²) in [5, 5.41) is 3.44. The summed E-state index contributed by atoms with van der Waals surface area (Å²) in [6.07, 6.45) is -1.27. The van der Waals surface area contributed by atoms with Crippen molar-refractivity contribution in [2.75, 3.05) is 37.6 Å². The summed E-state index contributed by atoms with van der Waals surface area (Å²) in [7, 11) is 3.00. The first-order chi connectivity index (χ1) is 21.3.